The minimum absolute atomic E-state index is 0.356. The Morgan fingerprint density at radius 2 is 2.05 bits per heavy atom. The van der Waals surface area contributed by atoms with Crippen LogP contribution < -0.4 is 5.32 Å². The lowest BCUT2D eigenvalue weighted by Gasteiger charge is -2.05. The van der Waals surface area contributed by atoms with E-state index in [1.54, 1.807) is 11.3 Å². The SMILES string of the molecule is Cc1cc(-c2cn3nc(NCC4CC4)sc3n2)cc(C)c1O. The van der Waals surface area contributed by atoms with Gasteiger partial charge in [0.2, 0.25) is 10.1 Å². The number of aromatic hydroxyl groups is 1. The molecule has 0 atom stereocenters. The summed E-state index contributed by atoms with van der Waals surface area (Å²) in [4.78, 5) is 5.54. The van der Waals surface area contributed by atoms with Gasteiger partial charge in [-0.3, -0.25) is 0 Å². The highest BCUT2D eigenvalue weighted by Gasteiger charge is 2.21. The minimum Gasteiger partial charge on any atom is -0.507 e. The van der Waals surface area contributed by atoms with Gasteiger partial charge in [0.05, 0.1) is 11.9 Å². The lowest BCUT2D eigenvalue weighted by molar-refractivity contribution is 0.467. The fraction of sp³-hybridized carbons (Fsp3) is 0.375. The van der Waals surface area contributed by atoms with E-state index < -0.39 is 0 Å². The number of nitrogens with one attached hydrogen (secondary N) is 1. The number of hydrogen-bond acceptors (Lipinski definition) is 5. The quantitative estimate of drug-likeness (QED) is 0.772. The number of rotatable bonds is 4. The van der Waals surface area contributed by atoms with Crippen molar-refractivity contribution in [3.05, 3.63) is 29.5 Å². The van der Waals surface area contributed by atoms with Gasteiger partial charge in [-0.15, -0.1) is 5.10 Å². The average molecular weight is 314 g/mol. The molecule has 0 spiro atoms. The number of imidazole rings is 1. The fourth-order valence-corrected chi connectivity index (χ4v) is 3.36. The number of fused-ring (bicyclic) bond motifs is 1. The maximum atomic E-state index is 9.88. The number of phenolic OH excluding ortho intramolecular Hbond substituents is 1. The summed E-state index contributed by atoms with van der Waals surface area (Å²) in [7, 11) is 0. The summed E-state index contributed by atoms with van der Waals surface area (Å²) in [6, 6.07) is 3.92. The lowest BCUT2D eigenvalue weighted by Crippen LogP contribution is -2.02. The van der Waals surface area contributed by atoms with Crippen LogP contribution in [0.1, 0.15) is 24.0 Å². The molecule has 4 rings (SSSR count). The van der Waals surface area contributed by atoms with Crippen LogP contribution in [-0.4, -0.2) is 26.2 Å². The summed E-state index contributed by atoms with van der Waals surface area (Å²) < 4.78 is 1.83. The van der Waals surface area contributed by atoms with Crippen molar-refractivity contribution in [3.63, 3.8) is 0 Å². The number of benzene rings is 1. The Morgan fingerprint density at radius 1 is 1.32 bits per heavy atom. The van der Waals surface area contributed by atoms with E-state index >= 15 is 0 Å². The molecule has 0 aliphatic heterocycles. The standard InChI is InChI=1S/C16H18N4OS/c1-9-5-12(6-10(2)14(9)21)13-8-20-16(18-13)22-15(19-20)17-7-11-3-4-11/h5-6,8,11,21H,3-4,7H2,1-2H3,(H,17,19). The van der Waals surface area contributed by atoms with Crippen molar-refractivity contribution in [2.45, 2.75) is 26.7 Å². The van der Waals surface area contributed by atoms with Crippen LogP contribution in [0.3, 0.4) is 0 Å². The van der Waals surface area contributed by atoms with Crippen LogP contribution in [0.4, 0.5) is 5.13 Å². The van der Waals surface area contributed by atoms with Gasteiger partial charge in [-0.05, 0) is 55.9 Å². The second kappa shape index (κ2) is 4.98. The van der Waals surface area contributed by atoms with Gasteiger partial charge in [-0.25, -0.2) is 9.50 Å². The van der Waals surface area contributed by atoms with Crippen LogP contribution >= 0.6 is 11.3 Å². The predicted molar refractivity (Wildman–Crippen MR) is 88.7 cm³/mol. The van der Waals surface area contributed by atoms with Crippen LogP contribution in [-0.2, 0) is 0 Å². The molecular formula is C16H18N4OS. The highest BCUT2D eigenvalue weighted by Crippen LogP contribution is 2.31. The second-order valence-electron chi connectivity index (χ2n) is 6.04. The first-order valence-electron chi connectivity index (χ1n) is 7.51. The van der Waals surface area contributed by atoms with Crippen LogP contribution in [0.15, 0.2) is 18.3 Å². The zero-order chi connectivity index (χ0) is 15.3. The number of phenols is 1. The van der Waals surface area contributed by atoms with Gasteiger partial charge in [0.1, 0.15) is 5.75 Å². The molecule has 1 aliphatic carbocycles. The minimum atomic E-state index is 0.356. The van der Waals surface area contributed by atoms with Gasteiger partial charge in [-0.2, -0.15) is 0 Å². The van der Waals surface area contributed by atoms with Crippen molar-refractivity contribution in [2.24, 2.45) is 5.92 Å². The Labute approximate surface area is 132 Å². The summed E-state index contributed by atoms with van der Waals surface area (Å²) in [6.07, 6.45) is 4.61. The van der Waals surface area contributed by atoms with E-state index in [1.807, 2.05) is 36.7 Å². The Hall–Kier alpha value is -2.08. The van der Waals surface area contributed by atoms with E-state index in [-0.39, 0.29) is 0 Å². The van der Waals surface area contributed by atoms with Crippen molar-refractivity contribution < 1.29 is 5.11 Å². The zero-order valence-corrected chi connectivity index (χ0v) is 13.4. The molecule has 0 saturated heterocycles. The molecule has 5 nitrogen and oxygen atoms in total. The maximum Gasteiger partial charge on any atom is 0.214 e. The Morgan fingerprint density at radius 3 is 2.68 bits per heavy atom. The van der Waals surface area contributed by atoms with Crippen molar-refractivity contribution >= 4 is 21.4 Å². The van der Waals surface area contributed by atoms with Gasteiger partial charge >= 0.3 is 0 Å². The molecule has 0 radical (unpaired) electrons. The third-order valence-electron chi connectivity index (χ3n) is 4.07. The first-order valence-corrected chi connectivity index (χ1v) is 8.32. The molecule has 0 unspecified atom stereocenters. The summed E-state index contributed by atoms with van der Waals surface area (Å²) in [5.41, 5.74) is 3.63. The van der Waals surface area contributed by atoms with E-state index in [0.717, 1.165) is 44.9 Å². The van der Waals surface area contributed by atoms with Gasteiger partial charge < -0.3 is 10.4 Å². The van der Waals surface area contributed by atoms with Crippen LogP contribution in [0.2, 0.25) is 0 Å². The second-order valence-corrected chi connectivity index (χ2v) is 7.00. The number of aryl methyl sites for hydroxylation is 2. The molecule has 1 saturated carbocycles. The van der Waals surface area contributed by atoms with Gasteiger partial charge in [0, 0.05) is 12.1 Å². The molecule has 2 aromatic heterocycles. The van der Waals surface area contributed by atoms with Crippen molar-refractivity contribution in [2.75, 3.05) is 11.9 Å². The average Bonchev–Trinajstić information content (AvgIpc) is 3.11. The molecule has 6 heteroatoms. The molecular weight excluding hydrogens is 296 g/mol. The molecule has 0 bridgehead atoms. The summed E-state index contributed by atoms with van der Waals surface area (Å²) in [6.45, 7) is 4.82. The van der Waals surface area contributed by atoms with E-state index in [4.69, 9.17) is 0 Å². The molecule has 1 aromatic carbocycles. The summed E-state index contributed by atoms with van der Waals surface area (Å²) >= 11 is 1.57. The maximum absolute atomic E-state index is 9.88. The third-order valence-corrected chi connectivity index (χ3v) is 4.95. The van der Waals surface area contributed by atoms with Gasteiger partial charge in [-0.1, -0.05) is 11.3 Å². The van der Waals surface area contributed by atoms with Crippen LogP contribution in [0.25, 0.3) is 16.2 Å². The molecule has 22 heavy (non-hydrogen) atoms. The lowest BCUT2D eigenvalue weighted by atomic mass is 10.0. The molecule has 3 aromatic rings. The largest absolute Gasteiger partial charge is 0.507 e. The Balaban J connectivity index is 1.63. The molecule has 0 amide bonds. The van der Waals surface area contributed by atoms with Crippen molar-refractivity contribution in [3.8, 4) is 17.0 Å². The molecule has 114 valence electrons. The van der Waals surface area contributed by atoms with E-state index in [0.29, 0.717) is 5.75 Å². The first-order chi connectivity index (χ1) is 10.6. The topological polar surface area (TPSA) is 62.5 Å². The van der Waals surface area contributed by atoms with Crippen molar-refractivity contribution in [1.82, 2.24) is 14.6 Å². The van der Waals surface area contributed by atoms with E-state index in [9.17, 15) is 5.11 Å². The summed E-state index contributed by atoms with van der Waals surface area (Å²) in [5, 5.41) is 18.7. The molecule has 1 aliphatic rings. The third kappa shape index (κ3) is 2.43. The number of anilines is 1. The van der Waals surface area contributed by atoms with Crippen LogP contribution in [0, 0.1) is 19.8 Å². The van der Waals surface area contributed by atoms with Gasteiger partial charge in [0.25, 0.3) is 0 Å². The molecule has 2 heterocycles. The van der Waals surface area contributed by atoms with Crippen molar-refractivity contribution in [1.29, 1.82) is 0 Å². The van der Waals surface area contributed by atoms with Crippen LogP contribution in [0.5, 0.6) is 5.75 Å². The smallest absolute Gasteiger partial charge is 0.214 e. The van der Waals surface area contributed by atoms with E-state index in [1.165, 1.54) is 12.8 Å². The highest BCUT2D eigenvalue weighted by atomic mass is 32.1. The molecule has 1 fully saturated rings. The van der Waals surface area contributed by atoms with Gasteiger partial charge in [0.15, 0.2) is 0 Å². The summed E-state index contributed by atoms with van der Waals surface area (Å²) in [5.74, 6) is 1.18. The normalized spacial score (nSPS) is 14.6. The number of hydrogen-bond donors (Lipinski definition) is 2. The number of aromatic nitrogens is 3. The zero-order valence-electron chi connectivity index (χ0n) is 12.6. The molecule has 2 N–H and O–H groups in total. The highest BCUT2D eigenvalue weighted by molar-refractivity contribution is 7.20. The predicted octanol–water partition coefficient (Wildman–Crippen LogP) is 3.60. The fourth-order valence-electron chi connectivity index (χ4n) is 2.57. The van der Waals surface area contributed by atoms with E-state index in [2.05, 4.69) is 15.4 Å². The Bertz CT molecular complexity index is 793. The number of nitrogens with zero attached hydrogens (tertiary/aromatic N) is 3. The Kier molecular flexibility index (Phi) is 3.07. The monoisotopic (exact) mass is 314 g/mol. The first kappa shape index (κ1) is 13.6.